The molecule has 1 heterocycles. The molecule has 0 aliphatic carbocycles. The molecule has 0 aliphatic heterocycles. The predicted molar refractivity (Wildman–Crippen MR) is 73.3 cm³/mol. The average Bonchev–Trinajstić information content (AvgIpc) is 2.81. The Bertz CT molecular complexity index is 242. The third-order valence-electron chi connectivity index (χ3n) is 2.89. The SMILES string of the molecule is CCN(CC)CCCNCCc1ccsc1. The number of hydrogen-bond donors (Lipinski definition) is 1. The zero-order valence-corrected chi connectivity index (χ0v) is 11.4. The Balaban J connectivity index is 1.92. The molecular weight excluding hydrogens is 216 g/mol. The van der Waals surface area contributed by atoms with Crippen molar-refractivity contribution in [1.82, 2.24) is 10.2 Å². The van der Waals surface area contributed by atoms with Gasteiger partial charge in [-0.05, 0) is 68.0 Å². The Hall–Kier alpha value is -0.380. The van der Waals surface area contributed by atoms with Crippen molar-refractivity contribution < 1.29 is 0 Å². The zero-order valence-electron chi connectivity index (χ0n) is 10.5. The highest BCUT2D eigenvalue weighted by Gasteiger charge is 1.97. The topological polar surface area (TPSA) is 15.3 Å². The summed E-state index contributed by atoms with van der Waals surface area (Å²) in [5.41, 5.74) is 1.46. The molecule has 0 atom stereocenters. The van der Waals surface area contributed by atoms with Crippen molar-refractivity contribution in [2.45, 2.75) is 26.7 Å². The summed E-state index contributed by atoms with van der Waals surface area (Å²) in [7, 11) is 0. The maximum atomic E-state index is 3.51. The smallest absolute Gasteiger partial charge is 0.000687 e. The van der Waals surface area contributed by atoms with Gasteiger partial charge in [-0.15, -0.1) is 0 Å². The van der Waals surface area contributed by atoms with Gasteiger partial charge in [0.05, 0.1) is 0 Å². The minimum atomic E-state index is 1.11. The molecule has 0 aliphatic rings. The lowest BCUT2D eigenvalue weighted by Gasteiger charge is -2.17. The number of nitrogens with one attached hydrogen (secondary N) is 1. The number of hydrogen-bond acceptors (Lipinski definition) is 3. The quantitative estimate of drug-likeness (QED) is 0.668. The first-order chi connectivity index (χ1) is 7.86. The van der Waals surface area contributed by atoms with Crippen LogP contribution in [0.3, 0.4) is 0 Å². The highest BCUT2D eigenvalue weighted by molar-refractivity contribution is 7.07. The highest BCUT2D eigenvalue weighted by Crippen LogP contribution is 2.05. The van der Waals surface area contributed by atoms with E-state index in [2.05, 4.69) is 40.9 Å². The highest BCUT2D eigenvalue weighted by atomic mass is 32.1. The Morgan fingerprint density at radius 1 is 1.25 bits per heavy atom. The van der Waals surface area contributed by atoms with Gasteiger partial charge < -0.3 is 10.2 Å². The molecule has 1 N–H and O–H groups in total. The van der Waals surface area contributed by atoms with Gasteiger partial charge in [0.1, 0.15) is 0 Å². The van der Waals surface area contributed by atoms with Gasteiger partial charge in [-0.1, -0.05) is 13.8 Å². The van der Waals surface area contributed by atoms with Crippen molar-refractivity contribution >= 4 is 11.3 Å². The maximum Gasteiger partial charge on any atom is -0.000687 e. The first kappa shape index (κ1) is 13.7. The van der Waals surface area contributed by atoms with Crippen LogP contribution in [-0.4, -0.2) is 37.6 Å². The van der Waals surface area contributed by atoms with Crippen LogP contribution >= 0.6 is 11.3 Å². The van der Waals surface area contributed by atoms with Crippen LogP contribution in [0.2, 0.25) is 0 Å². The fraction of sp³-hybridized carbons (Fsp3) is 0.692. The van der Waals surface area contributed by atoms with E-state index in [1.54, 1.807) is 11.3 Å². The molecule has 92 valence electrons. The lowest BCUT2D eigenvalue weighted by atomic mass is 10.2. The number of thiophene rings is 1. The Morgan fingerprint density at radius 3 is 2.69 bits per heavy atom. The first-order valence-corrected chi connectivity index (χ1v) is 7.25. The van der Waals surface area contributed by atoms with E-state index in [9.17, 15) is 0 Å². The van der Waals surface area contributed by atoms with E-state index in [-0.39, 0.29) is 0 Å². The first-order valence-electron chi connectivity index (χ1n) is 6.31. The monoisotopic (exact) mass is 240 g/mol. The molecule has 0 bridgehead atoms. The summed E-state index contributed by atoms with van der Waals surface area (Å²) in [5.74, 6) is 0. The van der Waals surface area contributed by atoms with Gasteiger partial charge in [-0.2, -0.15) is 11.3 Å². The van der Waals surface area contributed by atoms with Gasteiger partial charge >= 0.3 is 0 Å². The third-order valence-corrected chi connectivity index (χ3v) is 3.62. The van der Waals surface area contributed by atoms with Crippen LogP contribution in [-0.2, 0) is 6.42 Å². The molecule has 0 unspecified atom stereocenters. The molecule has 0 fully saturated rings. The number of rotatable bonds is 9. The summed E-state index contributed by atoms with van der Waals surface area (Å²) < 4.78 is 0. The zero-order chi connectivity index (χ0) is 11.6. The average molecular weight is 240 g/mol. The minimum Gasteiger partial charge on any atom is -0.316 e. The molecule has 0 aromatic carbocycles. The van der Waals surface area contributed by atoms with Crippen LogP contribution in [0.15, 0.2) is 16.8 Å². The standard InChI is InChI=1S/C13H24N2S/c1-3-15(4-2)10-5-8-14-9-6-13-7-11-16-12-13/h7,11-12,14H,3-6,8-10H2,1-2H3. The second-order valence-corrected chi connectivity index (χ2v) is 4.79. The van der Waals surface area contributed by atoms with Crippen LogP contribution in [0, 0.1) is 0 Å². The lowest BCUT2D eigenvalue weighted by molar-refractivity contribution is 0.298. The van der Waals surface area contributed by atoms with Crippen molar-refractivity contribution in [2.75, 3.05) is 32.7 Å². The van der Waals surface area contributed by atoms with Gasteiger partial charge in [-0.25, -0.2) is 0 Å². The van der Waals surface area contributed by atoms with Gasteiger partial charge in [0.25, 0.3) is 0 Å². The van der Waals surface area contributed by atoms with Crippen LogP contribution < -0.4 is 5.32 Å². The normalized spacial score (nSPS) is 11.2. The van der Waals surface area contributed by atoms with Crippen molar-refractivity contribution in [1.29, 1.82) is 0 Å². The van der Waals surface area contributed by atoms with E-state index < -0.39 is 0 Å². The maximum absolute atomic E-state index is 3.51. The van der Waals surface area contributed by atoms with Crippen LogP contribution in [0.1, 0.15) is 25.8 Å². The van der Waals surface area contributed by atoms with E-state index in [1.807, 2.05) is 0 Å². The van der Waals surface area contributed by atoms with Crippen molar-refractivity contribution in [2.24, 2.45) is 0 Å². The predicted octanol–water partition coefficient (Wildman–Crippen LogP) is 2.61. The molecule has 3 heteroatoms. The Labute approximate surface area is 104 Å². The van der Waals surface area contributed by atoms with E-state index in [0.29, 0.717) is 0 Å². The molecule has 0 spiro atoms. The molecule has 1 aromatic rings. The molecule has 2 nitrogen and oxygen atoms in total. The van der Waals surface area contributed by atoms with E-state index in [1.165, 1.54) is 31.6 Å². The molecule has 0 saturated carbocycles. The number of nitrogens with zero attached hydrogens (tertiary/aromatic N) is 1. The fourth-order valence-corrected chi connectivity index (χ4v) is 2.46. The molecule has 0 radical (unpaired) electrons. The summed E-state index contributed by atoms with van der Waals surface area (Å²) in [4.78, 5) is 2.47. The summed E-state index contributed by atoms with van der Waals surface area (Å²) in [6.07, 6.45) is 2.42. The van der Waals surface area contributed by atoms with Crippen LogP contribution in [0.25, 0.3) is 0 Å². The Kier molecular flexibility index (Phi) is 7.47. The third kappa shape index (κ3) is 5.64. The summed E-state index contributed by atoms with van der Waals surface area (Å²) in [6, 6.07) is 2.21. The fourth-order valence-electron chi connectivity index (χ4n) is 1.76. The van der Waals surface area contributed by atoms with Crippen molar-refractivity contribution in [3.05, 3.63) is 22.4 Å². The molecule has 1 aromatic heterocycles. The summed E-state index contributed by atoms with van der Waals surface area (Å²) in [6.45, 7) is 10.3. The van der Waals surface area contributed by atoms with Crippen molar-refractivity contribution in [3.8, 4) is 0 Å². The van der Waals surface area contributed by atoms with Gasteiger partial charge in [0, 0.05) is 0 Å². The van der Waals surface area contributed by atoms with E-state index in [4.69, 9.17) is 0 Å². The second-order valence-electron chi connectivity index (χ2n) is 4.01. The molecule has 0 amide bonds. The van der Waals surface area contributed by atoms with Crippen LogP contribution in [0.5, 0.6) is 0 Å². The van der Waals surface area contributed by atoms with Crippen molar-refractivity contribution in [3.63, 3.8) is 0 Å². The molecular formula is C13H24N2S. The molecule has 0 saturated heterocycles. The Morgan fingerprint density at radius 2 is 2.06 bits per heavy atom. The van der Waals surface area contributed by atoms with E-state index in [0.717, 1.165) is 19.5 Å². The summed E-state index contributed by atoms with van der Waals surface area (Å²) in [5, 5.41) is 7.89. The minimum absolute atomic E-state index is 1.11. The van der Waals surface area contributed by atoms with E-state index >= 15 is 0 Å². The van der Waals surface area contributed by atoms with Gasteiger partial charge in [0.15, 0.2) is 0 Å². The lowest BCUT2D eigenvalue weighted by Crippen LogP contribution is -2.27. The molecule has 16 heavy (non-hydrogen) atoms. The van der Waals surface area contributed by atoms with Crippen LogP contribution in [0.4, 0.5) is 0 Å². The largest absolute Gasteiger partial charge is 0.316 e. The van der Waals surface area contributed by atoms with Gasteiger partial charge in [-0.3, -0.25) is 0 Å². The summed E-state index contributed by atoms with van der Waals surface area (Å²) >= 11 is 1.78. The molecule has 1 rings (SSSR count). The second kappa shape index (κ2) is 8.74. The van der Waals surface area contributed by atoms with Gasteiger partial charge in [0.2, 0.25) is 0 Å².